The number of halogens is 1. The van der Waals surface area contributed by atoms with Crippen LogP contribution in [0.4, 0.5) is 4.39 Å². The second-order valence-electron chi connectivity index (χ2n) is 9.11. The van der Waals surface area contributed by atoms with Gasteiger partial charge < -0.3 is 19.6 Å². The molecule has 1 N–H and O–H groups in total. The zero-order chi connectivity index (χ0) is 25.8. The first-order valence-electron chi connectivity index (χ1n) is 11.7. The Bertz CT molecular complexity index is 1300. The van der Waals surface area contributed by atoms with Gasteiger partial charge in [0.2, 0.25) is 0 Å². The Morgan fingerprint density at radius 1 is 1.03 bits per heavy atom. The number of hydrogen-bond acceptors (Lipinski definition) is 5. The quantitative estimate of drug-likeness (QED) is 0.283. The lowest BCUT2D eigenvalue weighted by atomic mass is 9.94. The van der Waals surface area contributed by atoms with Crippen LogP contribution < -0.4 is 4.74 Å². The summed E-state index contributed by atoms with van der Waals surface area (Å²) in [5, 5.41) is 11.2. The molecular weight excluding hydrogens is 459 g/mol. The normalized spacial score (nSPS) is 17.1. The fourth-order valence-corrected chi connectivity index (χ4v) is 4.23. The van der Waals surface area contributed by atoms with Crippen LogP contribution >= 0.6 is 0 Å². The summed E-state index contributed by atoms with van der Waals surface area (Å²) in [4.78, 5) is 29.7. The molecule has 7 heteroatoms. The zero-order valence-electron chi connectivity index (χ0n) is 20.6. The highest BCUT2D eigenvalue weighted by Gasteiger charge is 2.46. The van der Waals surface area contributed by atoms with Gasteiger partial charge in [-0.1, -0.05) is 42.5 Å². The monoisotopic (exact) mass is 488 g/mol. The number of likely N-dealkylation sites (N-methyl/N-ethyl adjacent to an activating group) is 1. The van der Waals surface area contributed by atoms with Gasteiger partial charge >= 0.3 is 0 Å². The van der Waals surface area contributed by atoms with Crippen molar-refractivity contribution in [2.24, 2.45) is 0 Å². The number of ether oxygens (including phenoxy) is 1. The molecule has 0 aliphatic carbocycles. The van der Waals surface area contributed by atoms with Gasteiger partial charge in [-0.25, -0.2) is 4.39 Å². The molecule has 0 saturated carbocycles. The van der Waals surface area contributed by atoms with Crippen molar-refractivity contribution in [2.75, 3.05) is 27.2 Å². The molecule has 6 nitrogen and oxygen atoms in total. The van der Waals surface area contributed by atoms with Gasteiger partial charge in [0.05, 0.1) is 11.6 Å². The average Bonchev–Trinajstić information content (AvgIpc) is 3.13. The number of ketones is 1. The molecule has 1 heterocycles. The summed E-state index contributed by atoms with van der Waals surface area (Å²) in [6.45, 7) is 2.76. The Balaban J connectivity index is 1.75. The Hall–Kier alpha value is -3.97. The first kappa shape index (κ1) is 25.1. The standard InChI is InChI=1S/C29H29FN2O4/c1-19-16-22(12-13-24(19)30)27(33)25-26(32(15-14-31(2)3)29(35)28(25)34)21-10-7-11-23(17-21)36-18-20-8-5-4-6-9-20/h4-13,16-17,26,33H,14-15,18H2,1-3H3/b27-25-. The Morgan fingerprint density at radius 2 is 1.78 bits per heavy atom. The van der Waals surface area contributed by atoms with E-state index < -0.39 is 23.5 Å². The predicted octanol–water partition coefficient (Wildman–Crippen LogP) is 4.70. The van der Waals surface area contributed by atoms with Crippen molar-refractivity contribution < 1.29 is 23.8 Å². The maximum absolute atomic E-state index is 13.9. The van der Waals surface area contributed by atoms with Crippen molar-refractivity contribution in [3.05, 3.63) is 106 Å². The molecule has 0 bridgehead atoms. The van der Waals surface area contributed by atoms with Crippen LogP contribution in [0.15, 0.2) is 78.4 Å². The lowest BCUT2D eigenvalue weighted by Crippen LogP contribution is -2.35. The molecule has 36 heavy (non-hydrogen) atoms. The largest absolute Gasteiger partial charge is 0.507 e. The van der Waals surface area contributed by atoms with E-state index in [1.165, 1.54) is 23.1 Å². The third-order valence-electron chi connectivity index (χ3n) is 6.18. The number of carbonyl (C=O) groups excluding carboxylic acids is 2. The number of benzene rings is 3. The topological polar surface area (TPSA) is 70.1 Å². The van der Waals surface area contributed by atoms with Crippen LogP contribution in [-0.2, 0) is 16.2 Å². The Morgan fingerprint density at radius 3 is 2.47 bits per heavy atom. The van der Waals surface area contributed by atoms with Gasteiger partial charge in [-0.05, 0) is 68.0 Å². The number of carbonyl (C=O) groups is 2. The number of aliphatic hydroxyl groups is 1. The highest BCUT2D eigenvalue weighted by molar-refractivity contribution is 6.46. The Kier molecular flexibility index (Phi) is 7.50. The number of nitrogens with zero attached hydrogens (tertiary/aromatic N) is 2. The van der Waals surface area contributed by atoms with Crippen LogP contribution in [0.25, 0.3) is 5.76 Å². The second-order valence-corrected chi connectivity index (χ2v) is 9.11. The molecule has 0 aromatic heterocycles. The van der Waals surface area contributed by atoms with E-state index in [-0.39, 0.29) is 23.4 Å². The molecule has 1 saturated heterocycles. The minimum Gasteiger partial charge on any atom is -0.507 e. The van der Waals surface area contributed by atoms with E-state index in [0.29, 0.717) is 30.0 Å². The first-order valence-corrected chi connectivity index (χ1v) is 11.7. The van der Waals surface area contributed by atoms with Gasteiger partial charge in [0, 0.05) is 18.7 Å². The van der Waals surface area contributed by atoms with Crippen LogP contribution in [0.2, 0.25) is 0 Å². The van der Waals surface area contributed by atoms with Crippen LogP contribution in [0, 0.1) is 12.7 Å². The molecule has 1 atom stereocenters. The fourth-order valence-electron chi connectivity index (χ4n) is 4.23. The molecule has 1 fully saturated rings. The summed E-state index contributed by atoms with van der Waals surface area (Å²) in [7, 11) is 3.76. The van der Waals surface area contributed by atoms with E-state index >= 15 is 0 Å². The van der Waals surface area contributed by atoms with Crippen LogP contribution in [0.3, 0.4) is 0 Å². The molecule has 0 radical (unpaired) electrons. The molecular formula is C29H29FN2O4. The van der Waals surface area contributed by atoms with Gasteiger partial charge in [0.1, 0.15) is 23.9 Å². The zero-order valence-corrected chi connectivity index (χ0v) is 20.6. The van der Waals surface area contributed by atoms with Crippen molar-refractivity contribution >= 4 is 17.4 Å². The summed E-state index contributed by atoms with van der Waals surface area (Å²) in [5.41, 5.74) is 2.23. The fraction of sp³-hybridized carbons (Fsp3) is 0.241. The molecule has 4 rings (SSSR count). The lowest BCUT2D eigenvalue weighted by molar-refractivity contribution is -0.140. The number of aryl methyl sites for hydroxylation is 1. The first-order chi connectivity index (χ1) is 17.3. The molecule has 1 unspecified atom stereocenters. The van der Waals surface area contributed by atoms with E-state index in [9.17, 15) is 19.1 Å². The smallest absolute Gasteiger partial charge is 0.295 e. The van der Waals surface area contributed by atoms with Crippen LogP contribution in [-0.4, -0.2) is 53.8 Å². The summed E-state index contributed by atoms with van der Waals surface area (Å²) in [5.74, 6) is -1.62. The predicted molar refractivity (Wildman–Crippen MR) is 136 cm³/mol. The number of Topliss-reactive ketones (excluding diaryl/α,β-unsaturated/α-hetero) is 1. The SMILES string of the molecule is Cc1cc(/C(O)=C2/C(=O)C(=O)N(CCN(C)C)C2c2cccc(OCc3ccccc3)c2)ccc1F. The highest BCUT2D eigenvalue weighted by Crippen LogP contribution is 2.40. The second kappa shape index (κ2) is 10.7. The van der Waals surface area contributed by atoms with Crippen molar-refractivity contribution in [3.63, 3.8) is 0 Å². The van der Waals surface area contributed by atoms with Crippen molar-refractivity contribution in [1.82, 2.24) is 9.80 Å². The van der Waals surface area contributed by atoms with Crippen molar-refractivity contribution in [1.29, 1.82) is 0 Å². The van der Waals surface area contributed by atoms with E-state index in [1.807, 2.05) is 55.4 Å². The summed E-state index contributed by atoms with van der Waals surface area (Å²) >= 11 is 0. The summed E-state index contributed by atoms with van der Waals surface area (Å²) in [6, 6.07) is 20.2. The average molecular weight is 489 g/mol. The van der Waals surface area contributed by atoms with Crippen molar-refractivity contribution in [3.8, 4) is 5.75 Å². The van der Waals surface area contributed by atoms with Crippen LogP contribution in [0.5, 0.6) is 5.75 Å². The molecule has 186 valence electrons. The molecule has 1 aliphatic rings. The maximum atomic E-state index is 13.9. The van der Waals surface area contributed by atoms with Crippen LogP contribution in [0.1, 0.15) is 28.3 Å². The maximum Gasteiger partial charge on any atom is 0.295 e. The molecule has 1 aliphatic heterocycles. The number of likely N-dealkylation sites (tertiary alicyclic amines) is 1. The highest BCUT2D eigenvalue weighted by atomic mass is 19.1. The minimum atomic E-state index is -0.810. The van der Waals surface area contributed by atoms with E-state index in [2.05, 4.69) is 0 Å². The van der Waals surface area contributed by atoms with E-state index in [1.54, 1.807) is 25.1 Å². The number of amides is 1. The lowest BCUT2D eigenvalue weighted by Gasteiger charge is -2.27. The Labute approximate surface area is 210 Å². The summed E-state index contributed by atoms with van der Waals surface area (Å²) in [6.07, 6.45) is 0. The number of aliphatic hydroxyl groups excluding tert-OH is 1. The third-order valence-corrected chi connectivity index (χ3v) is 6.18. The third kappa shape index (κ3) is 5.31. The van der Waals surface area contributed by atoms with Crippen molar-refractivity contribution in [2.45, 2.75) is 19.6 Å². The van der Waals surface area contributed by atoms with Gasteiger partial charge in [-0.15, -0.1) is 0 Å². The minimum absolute atomic E-state index is 0.0232. The number of rotatable bonds is 8. The molecule has 3 aromatic carbocycles. The summed E-state index contributed by atoms with van der Waals surface area (Å²) < 4.78 is 19.8. The van der Waals surface area contributed by atoms with Gasteiger partial charge in [0.15, 0.2) is 0 Å². The van der Waals surface area contributed by atoms with Gasteiger partial charge in [-0.2, -0.15) is 0 Å². The number of hydrogen-bond donors (Lipinski definition) is 1. The van der Waals surface area contributed by atoms with Gasteiger partial charge in [0.25, 0.3) is 11.7 Å². The van der Waals surface area contributed by atoms with E-state index in [4.69, 9.17) is 4.74 Å². The molecule has 3 aromatic rings. The molecule has 1 amide bonds. The van der Waals surface area contributed by atoms with E-state index in [0.717, 1.165) is 5.56 Å². The molecule has 0 spiro atoms. The van der Waals surface area contributed by atoms with Gasteiger partial charge in [-0.3, -0.25) is 9.59 Å².